The maximum Gasteiger partial charge on any atom is 0.422 e. The molecule has 0 radical (unpaired) electrons. The van der Waals surface area contributed by atoms with Crippen LogP contribution in [0.25, 0.3) is 0 Å². The molecule has 1 heterocycles. The number of nitrogens with one attached hydrogen (secondary N) is 1. The molecule has 1 aliphatic rings. The van der Waals surface area contributed by atoms with E-state index in [1.54, 1.807) is 12.1 Å². The van der Waals surface area contributed by atoms with E-state index in [2.05, 4.69) is 23.2 Å². The Kier molecular flexibility index (Phi) is 10.3. The largest absolute Gasteiger partial charge is 0.488 e. The second-order valence-corrected chi connectivity index (χ2v) is 9.79. The molecule has 0 saturated heterocycles. The highest BCUT2D eigenvalue weighted by Crippen LogP contribution is 2.37. The Morgan fingerprint density at radius 3 is 2.63 bits per heavy atom. The smallest absolute Gasteiger partial charge is 0.422 e. The number of hydrogen-bond donors (Lipinski definition) is 3. The average Bonchev–Trinajstić information content (AvgIpc) is 3.17. The number of rotatable bonds is 14. The minimum Gasteiger partial charge on any atom is -0.488 e. The predicted molar refractivity (Wildman–Crippen MR) is 141 cm³/mol. The summed E-state index contributed by atoms with van der Waals surface area (Å²) in [6, 6.07) is 9.16. The van der Waals surface area contributed by atoms with Crippen LogP contribution >= 0.6 is 0 Å². The molecule has 38 heavy (non-hydrogen) atoms. The maximum atomic E-state index is 12.6. The van der Waals surface area contributed by atoms with Gasteiger partial charge in [-0.3, -0.25) is 4.79 Å². The number of primary amides is 1. The summed E-state index contributed by atoms with van der Waals surface area (Å²) in [4.78, 5) is 14.4. The molecular weight excluding hydrogens is 499 g/mol. The van der Waals surface area contributed by atoms with Crippen LogP contribution in [-0.4, -0.2) is 62.2 Å². The maximum absolute atomic E-state index is 12.6. The van der Waals surface area contributed by atoms with Crippen molar-refractivity contribution in [2.45, 2.75) is 64.7 Å². The number of amides is 1. The number of carbonyl (C=O) groups is 1. The topological polar surface area (TPSA) is 97.1 Å². The Bertz CT molecular complexity index is 1090. The number of halogens is 3. The molecule has 7 nitrogen and oxygen atoms in total. The summed E-state index contributed by atoms with van der Waals surface area (Å²) in [5, 5.41) is 12.6. The van der Waals surface area contributed by atoms with E-state index in [1.807, 2.05) is 19.9 Å². The number of nitrogens with two attached hydrogens (primary N) is 1. The number of aliphatic hydroxyl groups is 1. The summed E-state index contributed by atoms with van der Waals surface area (Å²) in [7, 11) is 0. The molecule has 2 atom stereocenters. The average molecular weight is 538 g/mol. The molecule has 2 aromatic carbocycles. The van der Waals surface area contributed by atoms with Gasteiger partial charge in [-0.15, -0.1) is 0 Å². The monoisotopic (exact) mass is 537 g/mol. The van der Waals surface area contributed by atoms with E-state index >= 15 is 0 Å². The second-order valence-electron chi connectivity index (χ2n) is 9.79. The summed E-state index contributed by atoms with van der Waals surface area (Å²) in [5.41, 5.74) is 10.1. The lowest BCUT2D eigenvalue weighted by atomic mass is 9.97. The van der Waals surface area contributed by atoms with Crippen molar-refractivity contribution >= 4 is 11.6 Å². The van der Waals surface area contributed by atoms with E-state index in [0.717, 1.165) is 35.2 Å². The van der Waals surface area contributed by atoms with Gasteiger partial charge in [-0.1, -0.05) is 19.1 Å². The van der Waals surface area contributed by atoms with Crippen molar-refractivity contribution < 1.29 is 32.5 Å². The lowest BCUT2D eigenvalue weighted by molar-refractivity contribution is -0.153. The lowest BCUT2D eigenvalue weighted by Gasteiger charge is -2.26. The summed E-state index contributed by atoms with van der Waals surface area (Å²) in [5.74, 6) is -0.127. The quantitative estimate of drug-likeness (QED) is 0.315. The van der Waals surface area contributed by atoms with Crippen LogP contribution < -0.4 is 25.4 Å². The standard InChI is InChI=1S/C28H38F3N3O4/c1-4-20-6-7-24(38-17-28(29,30)31)25(16-20)37-11-8-33-18(2)12-21-14-22-13-19(3)34(9-5-10-35)26(22)23(15-21)27(32)36/h6-7,14-16,18-19,33,35H,4-5,8-13,17H2,1-3H3,(H2,32,36). The first-order chi connectivity index (χ1) is 18.0. The molecule has 0 spiro atoms. The number of anilines is 1. The summed E-state index contributed by atoms with van der Waals surface area (Å²) in [6.07, 6.45) is -1.63. The van der Waals surface area contributed by atoms with Crippen LogP contribution in [0.3, 0.4) is 0 Å². The number of aliphatic hydroxyl groups excluding tert-OH is 1. The SMILES string of the molecule is CCc1ccc(OCC(F)(F)F)c(OCCNC(C)Cc2cc3c(c(C(N)=O)c2)N(CCCO)C(C)C3)c1. The molecule has 10 heteroatoms. The van der Waals surface area contributed by atoms with Gasteiger partial charge in [0.15, 0.2) is 18.1 Å². The van der Waals surface area contributed by atoms with Gasteiger partial charge < -0.3 is 30.5 Å². The predicted octanol–water partition coefficient (Wildman–Crippen LogP) is 4.02. The van der Waals surface area contributed by atoms with Gasteiger partial charge in [0.2, 0.25) is 0 Å². The van der Waals surface area contributed by atoms with Crippen molar-refractivity contribution in [2.24, 2.45) is 5.73 Å². The summed E-state index contributed by atoms with van der Waals surface area (Å²) in [6.45, 7) is 6.15. The molecule has 2 aromatic rings. The number of ether oxygens (including phenoxy) is 2. The molecule has 2 unspecified atom stereocenters. The van der Waals surface area contributed by atoms with E-state index in [0.29, 0.717) is 31.5 Å². The van der Waals surface area contributed by atoms with Crippen molar-refractivity contribution in [3.8, 4) is 11.5 Å². The van der Waals surface area contributed by atoms with E-state index < -0.39 is 18.7 Å². The highest BCUT2D eigenvalue weighted by molar-refractivity contribution is 6.00. The van der Waals surface area contributed by atoms with Gasteiger partial charge in [0.05, 0.1) is 11.3 Å². The third kappa shape index (κ3) is 8.01. The van der Waals surface area contributed by atoms with E-state index in [1.165, 1.54) is 6.07 Å². The van der Waals surface area contributed by atoms with Crippen LogP contribution in [0.15, 0.2) is 30.3 Å². The fourth-order valence-corrected chi connectivity index (χ4v) is 4.84. The van der Waals surface area contributed by atoms with Crippen LogP contribution in [0.4, 0.5) is 18.9 Å². The Hall–Kier alpha value is -2.98. The molecule has 210 valence electrons. The first-order valence-electron chi connectivity index (χ1n) is 13.0. The van der Waals surface area contributed by atoms with Gasteiger partial charge in [0, 0.05) is 31.8 Å². The molecule has 0 aromatic heterocycles. The third-order valence-electron chi connectivity index (χ3n) is 6.61. The zero-order chi connectivity index (χ0) is 27.9. The van der Waals surface area contributed by atoms with Gasteiger partial charge in [-0.2, -0.15) is 13.2 Å². The van der Waals surface area contributed by atoms with Crippen molar-refractivity contribution in [3.05, 3.63) is 52.6 Å². The van der Waals surface area contributed by atoms with E-state index in [-0.39, 0.29) is 36.8 Å². The van der Waals surface area contributed by atoms with Crippen LogP contribution in [0.5, 0.6) is 11.5 Å². The Balaban J connectivity index is 1.60. The first kappa shape index (κ1) is 29.6. The molecule has 0 saturated carbocycles. The minimum absolute atomic E-state index is 0.0459. The van der Waals surface area contributed by atoms with Gasteiger partial charge in [0.25, 0.3) is 5.91 Å². The van der Waals surface area contributed by atoms with Crippen LogP contribution in [-0.2, 0) is 19.3 Å². The van der Waals surface area contributed by atoms with Crippen LogP contribution in [0.2, 0.25) is 0 Å². The molecule has 0 fully saturated rings. The lowest BCUT2D eigenvalue weighted by Crippen LogP contribution is -2.33. The highest BCUT2D eigenvalue weighted by atomic mass is 19.4. The van der Waals surface area contributed by atoms with Gasteiger partial charge in [-0.25, -0.2) is 0 Å². The van der Waals surface area contributed by atoms with Crippen molar-refractivity contribution in [1.82, 2.24) is 5.32 Å². The Morgan fingerprint density at radius 2 is 1.97 bits per heavy atom. The van der Waals surface area contributed by atoms with Crippen molar-refractivity contribution in [3.63, 3.8) is 0 Å². The molecule has 1 aliphatic heterocycles. The summed E-state index contributed by atoms with van der Waals surface area (Å²) < 4.78 is 48.5. The number of aryl methyl sites for hydroxylation is 1. The second kappa shape index (κ2) is 13.2. The van der Waals surface area contributed by atoms with E-state index in [4.69, 9.17) is 15.2 Å². The molecule has 0 bridgehead atoms. The zero-order valence-electron chi connectivity index (χ0n) is 22.2. The molecule has 3 rings (SSSR count). The zero-order valence-corrected chi connectivity index (χ0v) is 22.2. The number of benzene rings is 2. The number of fused-ring (bicyclic) bond motifs is 1. The van der Waals surface area contributed by atoms with Crippen LogP contribution in [0.1, 0.15) is 54.2 Å². The molecular formula is C28H38F3N3O4. The minimum atomic E-state index is -4.43. The van der Waals surface area contributed by atoms with E-state index in [9.17, 15) is 23.1 Å². The Labute approximate surface area is 222 Å². The third-order valence-corrected chi connectivity index (χ3v) is 6.61. The molecule has 1 amide bonds. The molecule has 4 N–H and O–H groups in total. The normalized spacial score (nSPS) is 15.9. The highest BCUT2D eigenvalue weighted by Gasteiger charge is 2.31. The molecule has 0 aliphatic carbocycles. The van der Waals surface area contributed by atoms with Gasteiger partial charge >= 0.3 is 6.18 Å². The van der Waals surface area contributed by atoms with Gasteiger partial charge in [0.1, 0.15) is 6.61 Å². The fourth-order valence-electron chi connectivity index (χ4n) is 4.84. The van der Waals surface area contributed by atoms with Crippen LogP contribution in [0, 0.1) is 0 Å². The number of hydrogen-bond acceptors (Lipinski definition) is 6. The van der Waals surface area contributed by atoms with Crippen molar-refractivity contribution in [2.75, 3.05) is 37.8 Å². The summed E-state index contributed by atoms with van der Waals surface area (Å²) >= 11 is 0. The number of carbonyl (C=O) groups excluding carboxylic acids is 1. The van der Waals surface area contributed by atoms with Gasteiger partial charge in [-0.05, 0) is 74.4 Å². The Morgan fingerprint density at radius 1 is 1.21 bits per heavy atom. The fraction of sp³-hybridized carbons (Fsp3) is 0.536. The number of alkyl halides is 3. The number of nitrogens with zero attached hydrogens (tertiary/aromatic N) is 1. The van der Waals surface area contributed by atoms with Crippen molar-refractivity contribution in [1.29, 1.82) is 0 Å². The first-order valence-corrected chi connectivity index (χ1v) is 13.0.